The fourth-order valence-corrected chi connectivity index (χ4v) is 3.39. The molecule has 0 spiro atoms. The van der Waals surface area contributed by atoms with E-state index in [-0.39, 0.29) is 23.0 Å². The third-order valence-corrected chi connectivity index (χ3v) is 4.95. The van der Waals surface area contributed by atoms with Crippen LogP contribution in [0.15, 0.2) is 42.5 Å². The van der Waals surface area contributed by atoms with E-state index in [1.165, 1.54) is 31.4 Å². The summed E-state index contributed by atoms with van der Waals surface area (Å²) in [6.45, 7) is -0.915. The van der Waals surface area contributed by atoms with Crippen LogP contribution < -0.4 is 9.47 Å². The first-order valence-electron chi connectivity index (χ1n) is 9.48. The Kier molecular flexibility index (Phi) is 6.99. The molecular formula is C21H21F5N2O3. The second-order valence-corrected chi connectivity index (χ2v) is 7.01. The van der Waals surface area contributed by atoms with Crippen molar-refractivity contribution >= 4 is 5.91 Å². The highest BCUT2D eigenvalue weighted by Crippen LogP contribution is 2.31. The molecule has 10 heteroatoms. The number of halogens is 5. The van der Waals surface area contributed by atoms with Gasteiger partial charge < -0.3 is 14.4 Å². The maximum absolute atomic E-state index is 12.9. The minimum atomic E-state index is -4.39. The Bertz CT molecular complexity index is 912. The van der Waals surface area contributed by atoms with E-state index in [4.69, 9.17) is 4.74 Å². The van der Waals surface area contributed by atoms with Crippen LogP contribution in [0.1, 0.15) is 21.5 Å². The summed E-state index contributed by atoms with van der Waals surface area (Å²) in [6, 6.07) is 9.17. The Labute approximate surface area is 176 Å². The molecule has 0 unspecified atom stereocenters. The molecule has 1 saturated heterocycles. The van der Waals surface area contributed by atoms with Crippen LogP contribution in [0.2, 0.25) is 0 Å². The first kappa shape index (κ1) is 22.8. The summed E-state index contributed by atoms with van der Waals surface area (Å²) in [6.07, 6.45) is -4.39. The predicted molar refractivity (Wildman–Crippen MR) is 102 cm³/mol. The van der Waals surface area contributed by atoms with Crippen LogP contribution in [0.25, 0.3) is 0 Å². The Morgan fingerprint density at radius 2 is 1.74 bits per heavy atom. The Balaban J connectivity index is 1.60. The van der Waals surface area contributed by atoms with E-state index >= 15 is 0 Å². The molecule has 1 fully saturated rings. The molecule has 0 atom stereocenters. The minimum absolute atomic E-state index is 0.0225. The number of hydrogen-bond acceptors (Lipinski definition) is 4. The van der Waals surface area contributed by atoms with E-state index in [2.05, 4.69) is 4.74 Å². The Hall–Kier alpha value is -2.88. The zero-order chi connectivity index (χ0) is 22.6. The normalized spacial score (nSPS) is 15.3. The van der Waals surface area contributed by atoms with Crippen molar-refractivity contribution in [3.05, 3.63) is 59.2 Å². The third kappa shape index (κ3) is 5.84. The summed E-state index contributed by atoms with van der Waals surface area (Å²) >= 11 is 0. The molecule has 1 aliphatic rings. The number of amides is 1. The summed E-state index contributed by atoms with van der Waals surface area (Å²) in [5, 5.41) is 0. The van der Waals surface area contributed by atoms with E-state index in [0.717, 1.165) is 12.1 Å². The number of nitrogens with zero attached hydrogens (tertiary/aromatic N) is 2. The van der Waals surface area contributed by atoms with Gasteiger partial charge in [-0.1, -0.05) is 18.2 Å². The van der Waals surface area contributed by atoms with Crippen molar-refractivity contribution in [3.63, 3.8) is 0 Å². The van der Waals surface area contributed by atoms with Crippen LogP contribution in [0.5, 0.6) is 11.5 Å². The molecule has 3 rings (SSSR count). The zero-order valence-corrected chi connectivity index (χ0v) is 16.7. The van der Waals surface area contributed by atoms with E-state index < -0.39 is 18.4 Å². The Morgan fingerprint density at radius 1 is 1.03 bits per heavy atom. The lowest BCUT2D eigenvalue weighted by atomic mass is 10.1. The summed E-state index contributed by atoms with van der Waals surface area (Å²) in [7, 11) is 1.29. The molecule has 0 bridgehead atoms. The molecule has 31 heavy (non-hydrogen) atoms. The van der Waals surface area contributed by atoms with Crippen LogP contribution in [0.3, 0.4) is 0 Å². The number of piperazine rings is 1. The molecule has 0 N–H and O–H groups in total. The number of benzene rings is 2. The Morgan fingerprint density at radius 3 is 2.35 bits per heavy atom. The van der Waals surface area contributed by atoms with Gasteiger partial charge in [-0.2, -0.15) is 22.0 Å². The molecule has 0 radical (unpaired) electrons. The van der Waals surface area contributed by atoms with Gasteiger partial charge >= 0.3 is 12.8 Å². The van der Waals surface area contributed by atoms with Gasteiger partial charge in [-0.25, -0.2) is 0 Å². The number of methoxy groups -OCH3 is 1. The molecule has 1 aliphatic heterocycles. The van der Waals surface area contributed by atoms with E-state index in [1.807, 2.05) is 4.90 Å². The van der Waals surface area contributed by atoms with Crippen molar-refractivity contribution in [3.8, 4) is 11.5 Å². The fourth-order valence-electron chi connectivity index (χ4n) is 3.39. The monoisotopic (exact) mass is 444 g/mol. The second kappa shape index (κ2) is 9.51. The smallest absolute Gasteiger partial charge is 0.416 e. The number of ether oxygens (including phenoxy) is 2. The van der Waals surface area contributed by atoms with Crippen molar-refractivity contribution in [2.75, 3.05) is 33.3 Å². The van der Waals surface area contributed by atoms with E-state index in [9.17, 15) is 26.7 Å². The van der Waals surface area contributed by atoms with Crippen molar-refractivity contribution < 1.29 is 36.2 Å². The van der Waals surface area contributed by atoms with Gasteiger partial charge in [0.15, 0.2) is 11.5 Å². The van der Waals surface area contributed by atoms with Gasteiger partial charge in [0.25, 0.3) is 5.91 Å². The molecular weight excluding hydrogens is 423 g/mol. The van der Waals surface area contributed by atoms with Crippen LogP contribution in [-0.2, 0) is 12.7 Å². The molecule has 168 valence electrons. The summed E-state index contributed by atoms with van der Waals surface area (Å²) < 4.78 is 72.9. The molecule has 1 heterocycles. The van der Waals surface area contributed by atoms with Gasteiger partial charge in [0, 0.05) is 38.3 Å². The molecule has 0 aromatic heterocycles. The fraction of sp³-hybridized carbons (Fsp3) is 0.381. The largest absolute Gasteiger partial charge is 0.493 e. The van der Waals surface area contributed by atoms with Crippen molar-refractivity contribution in [1.29, 1.82) is 0 Å². The number of carbonyl (C=O) groups excluding carboxylic acids is 1. The predicted octanol–water partition coefficient (Wildman–Crippen LogP) is 4.27. The minimum Gasteiger partial charge on any atom is -0.493 e. The van der Waals surface area contributed by atoms with Crippen LogP contribution in [-0.4, -0.2) is 55.6 Å². The lowest BCUT2D eigenvalue weighted by Gasteiger charge is -2.35. The van der Waals surface area contributed by atoms with Gasteiger partial charge in [0.2, 0.25) is 0 Å². The summed E-state index contributed by atoms with van der Waals surface area (Å²) in [5.74, 6) is -0.435. The first-order chi connectivity index (χ1) is 14.7. The van der Waals surface area contributed by atoms with Gasteiger partial charge in [0.05, 0.1) is 12.7 Å². The lowest BCUT2D eigenvalue weighted by molar-refractivity contribution is -0.137. The van der Waals surface area contributed by atoms with Crippen LogP contribution in [0, 0.1) is 0 Å². The maximum atomic E-state index is 12.9. The second-order valence-electron chi connectivity index (χ2n) is 7.01. The highest BCUT2D eigenvalue weighted by atomic mass is 19.4. The quantitative estimate of drug-likeness (QED) is 0.624. The third-order valence-electron chi connectivity index (χ3n) is 4.95. The molecule has 0 saturated carbocycles. The molecule has 1 amide bonds. The van der Waals surface area contributed by atoms with Gasteiger partial charge in [-0.3, -0.25) is 9.69 Å². The number of carbonyl (C=O) groups is 1. The first-order valence-corrected chi connectivity index (χ1v) is 9.48. The van der Waals surface area contributed by atoms with Crippen molar-refractivity contribution in [2.45, 2.75) is 19.3 Å². The van der Waals surface area contributed by atoms with Crippen LogP contribution in [0.4, 0.5) is 22.0 Å². The van der Waals surface area contributed by atoms with Crippen LogP contribution >= 0.6 is 0 Å². The summed E-state index contributed by atoms with van der Waals surface area (Å²) in [4.78, 5) is 16.3. The lowest BCUT2D eigenvalue weighted by Crippen LogP contribution is -2.48. The summed E-state index contributed by atoms with van der Waals surface area (Å²) in [5.41, 5.74) is 0.130. The SMILES string of the molecule is COc1cc(C(=O)N2CCN(Cc3cccc(C(F)(F)F)c3)CC2)ccc1OC(F)F. The highest BCUT2D eigenvalue weighted by molar-refractivity contribution is 5.95. The van der Waals surface area contributed by atoms with Gasteiger partial charge in [-0.15, -0.1) is 0 Å². The standard InChI is InChI=1S/C21H21F5N2O3/c1-30-18-12-15(5-6-17(18)31-20(22)23)19(29)28-9-7-27(8-10-28)13-14-3-2-4-16(11-14)21(24,25)26/h2-6,11-12,20H,7-10,13H2,1H3. The molecule has 0 aliphatic carbocycles. The maximum Gasteiger partial charge on any atom is 0.416 e. The molecule has 2 aromatic carbocycles. The average Bonchev–Trinajstić information content (AvgIpc) is 2.73. The van der Waals surface area contributed by atoms with E-state index in [1.54, 1.807) is 11.0 Å². The zero-order valence-electron chi connectivity index (χ0n) is 16.7. The molecule has 5 nitrogen and oxygen atoms in total. The topological polar surface area (TPSA) is 42.0 Å². The average molecular weight is 444 g/mol. The van der Waals surface area contributed by atoms with E-state index in [0.29, 0.717) is 38.3 Å². The van der Waals surface area contributed by atoms with Crippen molar-refractivity contribution in [2.24, 2.45) is 0 Å². The number of alkyl halides is 5. The number of hydrogen-bond donors (Lipinski definition) is 0. The molecule has 2 aromatic rings. The van der Waals surface area contributed by atoms with Crippen molar-refractivity contribution in [1.82, 2.24) is 9.80 Å². The number of rotatable bonds is 6. The highest BCUT2D eigenvalue weighted by Gasteiger charge is 2.30. The van der Waals surface area contributed by atoms with Gasteiger partial charge in [0.1, 0.15) is 0 Å². The van der Waals surface area contributed by atoms with Gasteiger partial charge in [-0.05, 0) is 29.8 Å².